The number of thioether (sulfide) groups is 1. The molecule has 0 aromatic rings. The number of amides is 1. The molecule has 0 N–H and O–H groups in total. The van der Waals surface area contributed by atoms with Gasteiger partial charge in [-0.3, -0.25) is 4.79 Å². The van der Waals surface area contributed by atoms with E-state index in [1.165, 1.54) is 0 Å². The highest BCUT2D eigenvalue weighted by Gasteiger charge is 2.37. The van der Waals surface area contributed by atoms with Gasteiger partial charge in [-0.2, -0.15) is 0 Å². The maximum absolute atomic E-state index is 11.2. The van der Waals surface area contributed by atoms with Crippen molar-refractivity contribution in [2.45, 2.75) is 6.04 Å². The van der Waals surface area contributed by atoms with Crippen molar-refractivity contribution in [1.82, 2.24) is 4.90 Å². The monoisotopic (exact) mass is 171 g/mol. The largest absolute Gasteiger partial charge is 0.499 e. The van der Waals surface area contributed by atoms with Gasteiger partial charge in [-0.25, -0.2) is 0 Å². The van der Waals surface area contributed by atoms with Gasteiger partial charge in [0.2, 0.25) is 0 Å². The van der Waals surface area contributed by atoms with Crippen LogP contribution in [0.3, 0.4) is 0 Å². The highest BCUT2D eigenvalue weighted by molar-refractivity contribution is 7.99. The van der Waals surface area contributed by atoms with E-state index >= 15 is 0 Å². The fraction of sp³-hybridized carbons (Fsp3) is 0.571. The van der Waals surface area contributed by atoms with Crippen LogP contribution in [0.15, 0.2) is 11.8 Å². The van der Waals surface area contributed by atoms with Crippen LogP contribution in [-0.2, 0) is 9.53 Å². The van der Waals surface area contributed by atoms with Crippen molar-refractivity contribution in [1.29, 1.82) is 0 Å². The number of hydrogen-bond acceptors (Lipinski definition) is 3. The third kappa shape index (κ3) is 0.929. The Bertz CT molecular complexity index is 226. The molecule has 1 saturated heterocycles. The number of methoxy groups -OCH3 is 1. The quantitative estimate of drug-likeness (QED) is 0.573. The van der Waals surface area contributed by atoms with Crippen molar-refractivity contribution in [3.8, 4) is 0 Å². The van der Waals surface area contributed by atoms with Crippen LogP contribution in [0.4, 0.5) is 0 Å². The molecule has 0 spiro atoms. The second-order valence-corrected chi connectivity index (χ2v) is 3.57. The molecule has 1 amide bonds. The maximum atomic E-state index is 11.2. The summed E-state index contributed by atoms with van der Waals surface area (Å²) in [7, 11) is 1.62. The summed E-state index contributed by atoms with van der Waals surface area (Å²) in [5.41, 5.74) is 0. The Labute approximate surface area is 69.4 Å². The minimum atomic E-state index is 0.0943. The van der Waals surface area contributed by atoms with E-state index in [4.69, 9.17) is 4.74 Å². The molecule has 2 rings (SSSR count). The molecule has 0 unspecified atom stereocenters. The average molecular weight is 171 g/mol. The minimum absolute atomic E-state index is 0.0943. The van der Waals surface area contributed by atoms with Crippen LogP contribution in [0.2, 0.25) is 0 Å². The summed E-state index contributed by atoms with van der Waals surface area (Å²) in [5, 5.41) is 0. The first kappa shape index (κ1) is 7.03. The molecule has 0 radical (unpaired) electrons. The van der Waals surface area contributed by atoms with Crippen LogP contribution in [0.1, 0.15) is 0 Å². The van der Waals surface area contributed by atoms with Gasteiger partial charge in [0.1, 0.15) is 5.76 Å². The number of ether oxygens (including phenoxy) is 1. The van der Waals surface area contributed by atoms with Gasteiger partial charge in [0.05, 0.1) is 19.0 Å². The first-order valence-electron chi connectivity index (χ1n) is 3.47. The first-order valence-corrected chi connectivity index (χ1v) is 4.62. The summed E-state index contributed by atoms with van der Waals surface area (Å²) in [6.07, 6.45) is 1.59. The third-order valence-electron chi connectivity index (χ3n) is 2.00. The Kier molecular flexibility index (Phi) is 1.56. The Morgan fingerprint density at radius 2 is 2.64 bits per heavy atom. The lowest BCUT2D eigenvalue weighted by Gasteiger charge is -2.15. The van der Waals surface area contributed by atoms with E-state index in [1.54, 1.807) is 24.9 Å². The zero-order valence-electron chi connectivity index (χ0n) is 6.24. The van der Waals surface area contributed by atoms with Gasteiger partial charge in [-0.15, -0.1) is 11.8 Å². The maximum Gasteiger partial charge on any atom is 0.251 e. The molecular formula is C7H9NO2S. The van der Waals surface area contributed by atoms with Gasteiger partial charge in [-0.1, -0.05) is 0 Å². The van der Waals surface area contributed by atoms with Crippen LogP contribution in [0.5, 0.6) is 0 Å². The Hall–Kier alpha value is -0.640. The second-order valence-electron chi connectivity index (χ2n) is 2.57. The van der Waals surface area contributed by atoms with E-state index in [1.807, 2.05) is 4.90 Å². The third-order valence-corrected chi connectivity index (χ3v) is 3.01. The lowest BCUT2D eigenvalue weighted by molar-refractivity contribution is -0.124. The predicted octanol–water partition coefficient (Wildman–Crippen LogP) is 0.432. The molecule has 2 heterocycles. The molecule has 4 heteroatoms. The van der Waals surface area contributed by atoms with Gasteiger partial charge < -0.3 is 9.64 Å². The van der Waals surface area contributed by atoms with E-state index in [0.29, 0.717) is 0 Å². The Morgan fingerprint density at radius 3 is 3.36 bits per heavy atom. The molecule has 0 aliphatic carbocycles. The molecule has 0 aromatic heterocycles. The molecular weight excluding hydrogens is 162 g/mol. The predicted molar refractivity (Wildman–Crippen MR) is 43.1 cm³/mol. The number of carbonyl (C=O) groups excluding carboxylic acids is 1. The van der Waals surface area contributed by atoms with Gasteiger partial charge in [0.15, 0.2) is 0 Å². The van der Waals surface area contributed by atoms with Crippen molar-refractivity contribution in [3.05, 3.63) is 11.8 Å². The number of fused-ring (bicyclic) bond motifs is 1. The number of nitrogens with zero attached hydrogens (tertiary/aromatic N) is 1. The fourth-order valence-electron chi connectivity index (χ4n) is 1.39. The molecule has 11 heavy (non-hydrogen) atoms. The van der Waals surface area contributed by atoms with Gasteiger partial charge in [0.25, 0.3) is 5.91 Å². The van der Waals surface area contributed by atoms with Crippen molar-refractivity contribution < 1.29 is 9.53 Å². The van der Waals surface area contributed by atoms with Crippen LogP contribution in [-0.4, -0.2) is 35.6 Å². The SMILES string of the molecule is COC1=CC(=O)N2CSC[C@@H]12. The zero-order valence-corrected chi connectivity index (χ0v) is 7.06. The highest BCUT2D eigenvalue weighted by Crippen LogP contribution is 2.30. The van der Waals surface area contributed by atoms with E-state index in [9.17, 15) is 4.79 Å². The summed E-state index contributed by atoms with van der Waals surface area (Å²) >= 11 is 1.77. The van der Waals surface area contributed by atoms with E-state index in [-0.39, 0.29) is 11.9 Å². The van der Waals surface area contributed by atoms with Crippen LogP contribution in [0.25, 0.3) is 0 Å². The molecule has 0 saturated carbocycles. The molecule has 0 aromatic carbocycles. The van der Waals surface area contributed by atoms with E-state index in [2.05, 4.69) is 0 Å². The van der Waals surface area contributed by atoms with Crippen molar-refractivity contribution in [2.75, 3.05) is 18.7 Å². The Morgan fingerprint density at radius 1 is 1.82 bits per heavy atom. The minimum Gasteiger partial charge on any atom is -0.499 e. The molecule has 1 atom stereocenters. The lowest BCUT2D eigenvalue weighted by Crippen LogP contribution is -2.30. The smallest absolute Gasteiger partial charge is 0.251 e. The standard InChI is InChI=1S/C7H9NO2S/c1-10-6-2-7(9)8-4-11-3-5(6)8/h2,5H,3-4H2,1H3/t5-/m0/s1. The summed E-state index contributed by atoms with van der Waals surface area (Å²) in [6, 6.07) is 0.220. The molecule has 0 bridgehead atoms. The number of carbonyl (C=O) groups is 1. The van der Waals surface area contributed by atoms with E-state index < -0.39 is 0 Å². The molecule has 2 aliphatic heterocycles. The molecule has 1 fully saturated rings. The number of hydrogen-bond donors (Lipinski definition) is 0. The van der Waals surface area contributed by atoms with Crippen LogP contribution < -0.4 is 0 Å². The highest BCUT2D eigenvalue weighted by atomic mass is 32.2. The summed E-state index contributed by atoms with van der Waals surface area (Å²) < 4.78 is 5.08. The Balaban J connectivity index is 2.24. The molecule has 60 valence electrons. The van der Waals surface area contributed by atoms with Gasteiger partial charge in [0, 0.05) is 11.8 Å². The lowest BCUT2D eigenvalue weighted by atomic mass is 10.3. The normalized spacial score (nSPS) is 28.8. The van der Waals surface area contributed by atoms with Crippen LogP contribution in [0, 0.1) is 0 Å². The van der Waals surface area contributed by atoms with Crippen molar-refractivity contribution in [2.24, 2.45) is 0 Å². The number of rotatable bonds is 1. The van der Waals surface area contributed by atoms with Crippen molar-refractivity contribution in [3.63, 3.8) is 0 Å². The van der Waals surface area contributed by atoms with Crippen LogP contribution >= 0.6 is 11.8 Å². The fourth-order valence-corrected chi connectivity index (χ4v) is 2.57. The van der Waals surface area contributed by atoms with E-state index in [0.717, 1.165) is 17.4 Å². The molecule has 3 nitrogen and oxygen atoms in total. The van der Waals surface area contributed by atoms with Crippen molar-refractivity contribution >= 4 is 17.7 Å². The summed E-state index contributed by atoms with van der Waals surface area (Å²) in [4.78, 5) is 13.0. The zero-order chi connectivity index (χ0) is 7.84. The summed E-state index contributed by atoms with van der Waals surface area (Å²) in [6.45, 7) is 0. The average Bonchev–Trinajstić information content (AvgIpc) is 2.54. The second kappa shape index (κ2) is 2.44. The van der Waals surface area contributed by atoms with Gasteiger partial charge >= 0.3 is 0 Å². The topological polar surface area (TPSA) is 29.5 Å². The van der Waals surface area contributed by atoms with Gasteiger partial charge in [-0.05, 0) is 0 Å². The first-order chi connectivity index (χ1) is 5.33. The summed E-state index contributed by atoms with van der Waals surface area (Å²) in [5.74, 6) is 2.70. The molecule has 2 aliphatic rings.